The van der Waals surface area contributed by atoms with E-state index in [1.807, 2.05) is 17.5 Å². The molecule has 1 aromatic rings. The van der Waals surface area contributed by atoms with Crippen LogP contribution >= 0.6 is 11.3 Å². The van der Waals surface area contributed by atoms with E-state index in [0.29, 0.717) is 32.6 Å². The molecule has 1 N–H and O–H groups in total. The molecular weight excluding hydrogens is 252 g/mol. The number of nitrogens with zero attached hydrogens (tertiary/aromatic N) is 1. The molecule has 2 aliphatic rings. The van der Waals surface area contributed by atoms with Gasteiger partial charge in [-0.2, -0.15) is 0 Å². The van der Waals surface area contributed by atoms with Crippen LogP contribution in [-0.4, -0.2) is 42.1 Å². The number of carbonyl (C=O) groups is 2. The first-order chi connectivity index (χ1) is 8.71. The molecule has 0 saturated carbocycles. The topological polar surface area (TPSA) is 58.6 Å². The highest BCUT2D eigenvalue weighted by molar-refractivity contribution is 7.09. The maximum atomic E-state index is 12.3. The van der Waals surface area contributed by atoms with E-state index >= 15 is 0 Å². The normalized spacial score (nSPS) is 27.2. The van der Waals surface area contributed by atoms with Gasteiger partial charge in [0, 0.05) is 24.4 Å². The van der Waals surface area contributed by atoms with E-state index in [0.717, 1.165) is 0 Å². The van der Waals surface area contributed by atoms with Crippen molar-refractivity contribution in [3.63, 3.8) is 0 Å². The van der Waals surface area contributed by atoms with Crippen molar-refractivity contribution >= 4 is 23.3 Å². The molecule has 3 rings (SSSR count). The van der Waals surface area contributed by atoms with E-state index < -0.39 is 5.54 Å². The van der Waals surface area contributed by atoms with E-state index in [2.05, 4.69) is 5.32 Å². The molecule has 0 bridgehead atoms. The number of ether oxygens (including phenoxy) is 1. The zero-order chi connectivity index (χ0) is 12.6. The Hall–Kier alpha value is -1.40. The molecule has 18 heavy (non-hydrogen) atoms. The summed E-state index contributed by atoms with van der Waals surface area (Å²) < 4.78 is 5.24. The molecule has 3 heterocycles. The van der Waals surface area contributed by atoms with Crippen molar-refractivity contribution in [1.82, 2.24) is 10.2 Å². The van der Waals surface area contributed by atoms with E-state index in [1.165, 1.54) is 9.78 Å². The van der Waals surface area contributed by atoms with E-state index in [9.17, 15) is 9.59 Å². The second-order valence-electron chi connectivity index (χ2n) is 4.60. The lowest BCUT2D eigenvalue weighted by molar-refractivity contribution is -0.131. The van der Waals surface area contributed by atoms with Crippen molar-refractivity contribution in [3.8, 4) is 0 Å². The average molecular weight is 266 g/mol. The van der Waals surface area contributed by atoms with Gasteiger partial charge in [-0.25, -0.2) is 4.79 Å². The SMILES string of the molecule is O=C1N[C@@]2(CCOC2)C(=O)N1CCc1cccs1. The smallest absolute Gasteiger partial charge is 0.325 e. The zero-order valence-electron chi connectivity index (χ0n) is 9.85. The minimum Gasteiger partial charge on any atom is -0.378 e. The molecule has 2 fully saturated rings. The van der Waals surface area contributed by atoms with Gasteiger partial charge in [0.1, 0.15) is 5.54 Å². The molecule has 5 nitrogen and oxygen atoms in total. The van der Waals surface area contributed by atoms with Crippen LogP contribution in [0.4, 0.5) is 4.79 Å². The Bertz CT molecular complexity index is 466. The summed E-state index contributed by atoms with van der Waals surface area (Å²) in [7, 11) is 0. The Morgan fingerprint density at radius 2 is 2.39 bits per heavy atom. The van der Waals surface area contributed by atoms with Crippen molar-refractivity contribution in [3.05, 3.63) is 22.4 Å². The summed E-state index contributed by atoms with van der Waals surface area (Å²) in [5.41, 5.74) is -0.785. The molecule has 2 aliphatic heterocycles. The first kappa shape index (κ1) is 11.7. The summed E-state index contributed by atoms with van der Waals surface area (Å²) in [5, 5.41) is 4.77. The monoisotopic (exact) mass is 266 g/mol. The first-order valence-corrected chi connectivity index (χ1v) is 6.83. The third kappa shape index (κ3) is 1.81. The van der Waals surface area contributed by atoms with Crippen LogP contribution in [0.2, 0.25) is 0 Å². The van der Waals surface area contributed by atoms with Gasteiger partial charge < -0.3 is 10.1 Å². The minimum absolute atomic E-state index is 0.137. The van der Waals surface area contributed by atoms with Gasteiger partial charge in [-0.15, -0.1) is 11.3 Å². The Morgan fingerprint density at radius 1 is 1.50 bits per heavy atom. The predicted octanol–water partition coefficient (Wildman–Crippen LogP) is 1.00. The fraction of sp³-hybridized carbons (Fsp3) is 0.500. The van der Waals surface area contributed by atoms with Crippen LogP contribution in [-0.2, 0) is 16.0 Å². The first-order valence-electron chi connectivity index (χ1n) is 5.95. The van der Waals surface area contributed by atoms with Crippen molar-refractivity contribution in [1.29, 1.82) is 0 Å². The third-order valence-corrected chi connectivity index (χ3v) is 4.37. The van der Waals surface area contributed by atoms with Gasteiger partial charge in [0.05, 0.1) is 6.61 Å². The second kappa shape index (κ2) is 4.37. The minimum atomic E-state index is -0.785. The van der Waals surface area contributed by atoms with Crippen LogP contribution in [0.15, 0.2) is 17.5 Å². The van der Waals surface area contributed by atoms with Crippen molar-refractivity contribution < 1.29 is 14.3 Å². The Morgan fingerprint density at radius 3 is 3.06 bits per heavy atom. The molecule has 2 saturated heterocycles. The third-order valence-electron chi connectivity index (χ3n) is 3.43. The predicted molar refractivity (Wildman–Crippen MR) is 66.4 cm³/mol. The molecule has 0 aliphatic carbocycles. The summed E-state index contributed by atoms with van der Waals surface area (Å²) in [6, 6.07) is 3.69. The van der Waals surface area contributed by atoms with Gasteiger partial charge in [0.2, 0.25) is 0 Å². The molecule has 1 spiro atoms. The van der Waals surface area contributed by atoms with Gasteiger partial charge in [0.25, 0.3) is 5.91 Å². The number of imide groups is 1. The maximum Gasteiger partial charge on any atom is 0.325 e. The van der Waals surface area contributed by atoms with Gasteiger partial charge in [0.15, 0.2) is 0 Å². The summed E-state index contributed by atoms with van der Waals surface area (Å²) in [6.07, 6.45) is 1.29. The number of amides is 3. The molecule has 1 aromatic heterocycles. The fourth-order valence-corrected chi connectivity index (χ4v) is 3.09. The zero-order valence-corrected chi connectivity index (χ0v) is 10.7. The molecule has 0 aromatic carbocycles. The summed E-state index contributed by atoms with van der Waals surface area (Å²) in [5.74, 6) is -0.137. The highest BCUT2D eigenvalue weighted by Crippen LogP contribution is 2.27. The number of urea groups is 1. The summed E-state index contributed by atoms with van der Waals surface area (Å²) in [4.78, 5) is 26.6. The second-order valence-corrected chi connectivity index (χ2v) is 5.63. The lowest BCUT2D eigenvalue weighted by atomic mass is 9.99. The Kier molecular flexibility index (Phi) is 2.83. The van der Waals surface area contributed by atoms with E-state index in [-0.39, 0.29) is 11.9 Å². The van der Waals surface area contributed by atoms with Gasteiger partial charge >= 0.3 is 6.03 Å². The fourth-order valence-electron chi connectivity index (χ4n) is 2.39. The number of thiophene rings is 1. The largest absolute Gasteiger partial charge is 0.378 e. The van der Waals surface area contributed by atoms with Gasteiger partial charge in [-0.05, 0) is 17.9 Å². The van der Waals surface area contributed by atoms with Crippen molar-refractivity contribution in [2.45, 2.75) is 18.4 Å². The molecule has 6 heteroatoms. The average Bonchev–Trinajstić information content (AvgIpc) is 3.03. The highest BCUT2D eigenvalue weighted by Gasteiger charge is 2.53. The van der Waals surface area contributed by atoms with Crippen molar-refractivity contribution in [2.24, 2.45) is 0 Å². The molecule has 3 amide bonds. The highest BCUT2D eigenvalue weighted by atomic mass is 32.1. The van der Waals surface area contributed by atoms with Crippen LogP contribution in [0, 0.1) is 0 Å². The molecule has 96 valence electrons. The van der Waals surface area contributed by atoms with Crippen LogP contribution in [0.3, 0.4) is 0 Å². The van der Waals surface area contributed by atoms with Crippen LogP contribution < -0.4 is 5.32 Å². The molecule has 1 atom stereocenters. The maximum absolute atomic E-state index is 12.3. The van der Waals surface area contributed by atoms with Crippen LogP contribution in [0.25, 0.3) is 0 Å². The molecular formula is C12H14N2O3S. The Labute approximate surface area is 109 Å². The molecule has 0 radical (unpaired) electrons. The van der Waals surface area contributed by atoms with E-state index in [1.54, 1.807) is 11.3 Å². The standard InChI is InChI=1S/C12H14N2O3S/c15-10-12(4-6-17-8-12)13-11(16)14(10)5-3-9-2-1-7-18-9/h1-2,7H,3-6,8H2,(H,13,16)/t12-/m1/s1. The molecule has 0 unspecified atom stereocenters. The quantitative estimate of drug-likeness (QED) is 0.830. The van der Waals surface area contributed by atoms with Crippen LogP contribution in [0.1, 0.15) is 11.3 Å². The van der Waals surface area contributed by atoms with Crippen molar-refractivity contribution in [2.75, 3.05) is 19.8 Å². The lowest BCUT2D eigenvalue weighted by Crippen LogP contribution is -2.47. The number of hydrogen-bond donors (Lipinski definition) is 1. The van der Waals surface area contributed by atoms with Gasteiger partial charge in [-0.1, -0.05) is 6.07 Å². The summed E-state index contributed by atoms with van der Waals surface area (Å²) in [6.45, 7) is 1.27. The van der Waals surface area contributed by atoms with Gasteiger partial charge in [-0.3, -0.25) is 9.69 Å². The number of rotatable bonds is 3. The number of hydrogen-bond acceptors (Lipinski definition) is 4. The summed E-state index contributed by atoms with van der Waals surface area (Å²) >= 11 is 1.64. The lowest BCUT2D eigenvalue weighted by Gasteiger charge is -2.18. The Balaban J connectivity index is 1.69. The van der Waals surface area contributed by atoms with E-state index in [4.69, 9.17) is 4.74 Å². The number of nitrogens with one attached hydrogen (secondary N) is 1. The number of carbonyl (C=O) groups excluding carboxylic acids is 2. The van der Waals surface area contributed by atoms with Crippen LogP contribution in [0.5, 0.6) is 0 Å².